The summed E-state index contributed by atoms with van der Waals surface area (Å²) in [4.78, 5) is 18.5. The van der Waals surface area contributed by atoms with Gasteiger partial charge in [0.05, 0.1) is 42.8 Å². The summed E-state index contributed by atoms with van der Waals surface area (Å²) in [6.45, 7) is 5.42. The van der Waals surface area contributed by atoms with Crippen LogP contribution in [0.1, 0.15) is 24.2 Å². The van der Waals surface area contributed by atoms with Gasteiger partial charge in [-0.05, 0) is 19.9 Å². The molecule has 2 unspecified atom stereocenters. The van der Waals surface area contributed by atoms with Crippen LogP contribution in [0.15, 0.2) is 18.5 Å². The summed E-state index contributed by atoms with van der Waals surface area (Å²) in [6, 6.07) is 1.71. The highest BCUT2D eigenvalue weighted by atomic mass is 16.5. The number of ether oxygens (including phenoxy) is 1. The minimum atomic E-state index is -0.306. The molecule has 1 aliphatic heterocycles. The van der Waals surface area contributed by atoms with Crippen molar-refractivity contribution in [3.63, 3.8) is 0 Å². The molecule has 0 spiro atoms. The van der Waals surface area contributed by atoms with Gasteiger partial charge in [0.15, 0.2) is 0 Å². The molecule has 110 valence electrons. The maximum atomic E-state index is 12.7. The van der Waals surface area contributed by atoms with Crippen LogP contribution in [-0.2, 0) is 4.74 Å². The highest BCUT2D eigenvalue weighted by Gasteiger charge is 2.30. The Morgan fingerprint density at radius 2 is 2.45 bits per heavy atom. The van der Waals surface area contributed by atoms with Crippen LogP contribution >= 0.6 is 0 Å². The van der Waals surface area contributed by atoms with E-state index < -0.39 is 0 Å². The Balaban J connectivity index is 2.21. The monoisotopic (exact) mass is 279 g/mol. The Bertz CT molecular complexity index is 467. The SMILES string of the molecule is CCNc1cnccc1C(=O)N1CC(CO)OCC1C. The van der Waals surface area contributed by atoms with Crippen molar-refractivity contribution >= 4 is 11.6 Å². The molecule has 1 aromatic rings. The normalized spacial score (nSPS) is 22.6. The van der Waals surface area contributed by atoms with Crippen molar-refractivity contribution in [2.75, 3.05) is 31.6 Å². The number of hydrogen-bond acceptors (Lipinski definition) is 5. The van der Waals surface area contributed by atoms with Crippen molar-refractivity contribution in [1.29, 1.82) is 0 Å². The molecule has 1 aliphatic rings. The maximum Gasteiger partial charge on any atom is 0.256 e. The Kier molecular flexibility index (Phi) is 4.92. The average Bonchev–Trinajstić information content (AvgIpc) is 2.48. The molecule has 0 radical (unpaired) electrons. The standard InChI is InChI=1S/C14H21N3O3/c1-3-16-13-6-15-5-4-12(13)14(19)17-7-11(8-18)20-9-10(17)2/h4-6,10-11,16,18H,3,7-9H2,1-2H3. The van der Waals surface area contributed by atoms with E-state index in [2.05, 4.69) is 10.3 Å². The number of aliphatic hydroxyl groups is 1. The van der Waals surface area contributed by atoms with Crippen LogP contribution in [0.4, 0.5) is 5.69 Å². The van der Waals surface area contributed by atoms with E-state index in [0.717, 1.165) is 12.2 Å². The van der Waals surface area contributed by atoms with Gasteiger partial charge in [0.1, 0.15) is 0 Å². The summed E-state index contributed by atoms with van der Waals surface area (Å²) in [6.07, 6.45) is 2.97. The number of anilines is 1. The number of hydrogen-bond donors (Lipinski definition) is 2. The highest BCUT2D eigenvalue weighted by Crippen LogP contribution is 2.20. The lowest BCUT2D eigenvalue weighted by atomic mass is 10.1. The van der Waals surface area contributed by atoms with Gasteiger partial charge in [-0.2, -0.15) is 0 Å². The average molecular weight is 279 g/mol. The smallest absolute Gasteiger partial charge is 0.256 e. The van der Waals surface area contributed by atoms with Crippen LogP contribution in [0.3, 0.4) is 0 Å². The first-order valence-electron chi connectivity index (χ1n) is 6.88. The van der Waals surface area contributed by atoms with Crippen LogP contribution in [-0.4, -0.2) is 59.3 Å². The van der Waals surface area contributed by atoms with E-state index in [9.17, 15) is 9.90 Å². The minimum absolute atomic E-state index is 0.00654. The van der Waals surface area contributed by atoms with E-state index in [1.807, 2.05) is 13.8 Å². The first-order valence-corrected chi connectivity index (χ1v) is 6.88. The predicted octanol–water partition coefficient (Wildman–Crippen LogP) is 0.735. The molecule has 1 saturated heterocycles. The zero-order valence-corrected chi connectivity index (χ0v) is 11.9. The molecule has 2 heterocycles. The molecule has 6 nitrogen and oxygen atoms in total. The topological polar surface area (TPSA) is 74.7 Å². The van der Waals surface area contributed by atoms with Gasteiger partial charge < -0.3 is 20.1 Å². The lowest BCUT2D eigenvalue weighted by Crippen LogP contribution is -2.52. The number of rotatable bonds is 4. The Morgan fingerprint density at radius 3 is 3.15 bits per heavy atom. The molecule has 2 N–H and O–H groups in total. The number of aliphatic hydroxyl groups excluding tert-OH is 1. The van der Waals surface area contributed by atoms with E-state index >= 15 is 0 Å². The van der Waals surface area contributed by atoms with E-state index in [1.165, 1.54) is 0 Å². The Labute approximate surface area is 118 Å². The van der Waals surface area contributed by atoms with Gasteiger partial charge in [0.2, 0.25) is 0 Å². The third-order valence-corrected chi connectivity index (χ3v) is 3.39. The van der Waals surface area contributed by atoms with E-state index in [4.69, 9.17) is 4.74 Å². The Hall–Kier alpha value is -1.66. The molecular formula is C14H21N3O3. The van der Waals surface area contributed by atoms with Crippen molar-refractivity contribution in [2.45, 2.75) is 26.0 Å². The third kappa shape index (κ3) is 3.08. The van der Waals surface area contributed by atoms with Crippen molar-refractivity contribution in [2.24, 2.45) is 0 Å². The number of nitrogens with one attached hydrogen (secondary N) is 1. The molecule has 2 rings (SSSR count). The summed E-state index contributed by atoms with van der Waals surface area (Å²) >= 11 is 0. The van der Waals surface area contributed by atoms with Gasteiger partial charge in [0, 0.05) is 19.3 Å². The summed E-state index contributed by atoms with van der Waals surface area (Å²) < 4.78 is 5.46. The molecular weight excluding hydrogens is 258 g/mol. The molecule has 1 amide bonds. The maximum absolute atomic E-state index is 12.7. The summed E-state index contributed by atoms with van der Waals surface area (Å²) in [7, 11) is 0. The second kappa shape index (κ2) is 6.67. The zero-order chi connectivity index (χ0) is 14.5. The highest BCUT2D eigenvalue weighted by molar-refractivity contribution is 5.99. The predicted molar refractivity (Wildman–Crippen MR) is 75.7 cm³/mol. The number of aromatic nitrogens is 1. The zero-order valence-electron chi connectivity index (χ0n) is 11.9. The van der Waals surface area contributed by atoms with Crippen molar-refractivity contribution < 1.29 is 14.6 Å². The number of morpholine rings is 1. The van der Waals surface area contributed by atoms with Crippen LogP contribution in [0.2, 0.25) is 0 Å². The summed E-state index contributed by atoms with van der Waals surface area (Å²) in [5.41, 5.74) is 1.34. The molecule has 1 fully saturated rings. The van der Waals surface area contributed by atoms with Crippen molar-refractivity contribution in [3.8, 4) is 0 Å². The van der Waals surface area contributed by atoms with Gasteiger partial charge in [-0.1, -0.05) is 0 Å². The Morgan fingerprint density at radius 1 is 1.65 bits per heavy atom. The lowest BCUT2D eigenvalue weighted by molar-refractivity contribution is -0.0667. The molecule has 6 heteroatoms. The van der Waals surface area contributed by atoms with E-state index in [-0.39, 0.29) is 24.7 Å². The van der Waals surface area contributed by atoms with Crippen LogP contribution in [0, 0.1) is 0 Å². The second-order valence-electron chi connectivity index (χ2n) is 4.90. The second-order valence-corrected chi connectivity index (χ2v) is 4.90. The number of pyridine rings is 1. The van der Waals surface area contributed by atoms with Crippen molar-refractivity contribution in [1.82, 2.24) is 9.88 Å². The van der Waals surface area contributed by atoms with E-state index in [0.29, 0.717) is 18.7 Å². The lowest BCUT2D eigenvalue weighted by Gasteiger charge is -2.37. The number of nitrogens with zero attached hydrogens (tertiary/aromatic N) is 2. The quantitative estimate of drug-likeness (QED) is 0.850. The van der Waals surface area contributed by atoms with E-state index in [1.54, 1.807) is 23.4 Å². The van der Waals surface area contributed by atoms with Crippen LogP contribution in [0.5, 0.6) is 0 Å². The molecule has 0 saturated carbocycles. The molecule has 1 aromatic heterocycles. The molecule has 20 heavy (non-hydrogen) atoms. The largest absolute Gasteiger partial charge is 0.394 e. The van der Waals surface area contributed by atoms with Crippen molar-refractivity contribution in [3.05, 3.63) is 24.0 Å². The van der Waals surface area contributed by atoms with Gasteiger partial charge in [-0.25, -0.2) is 0 Å². The fourth-order valence-corrected chi connectivity index (χ4v) is 2.28. The van der Waals surface area contributed by atoms with Crippen LogP contribution < -0.4 is 5.32 Å². The summed E-state index contributed by atoms with van der Waals surface area (Å²) in [5, 5.41) is 12.3. The van der Waals surface area contributed by atoms with Gasteiger partial charge in [-0.3, -0.25) is 9.78 Å². The van der Waals surface area contributed by atoms with Gasteiger partial charge in [0.25, 0.3) is 5.91 Å². The number of carbonyl (C=O) groups excluding carboxylic acids is 1. The summed E-state index contributed by atoms with van der Waals surface area (Å²) in [5.74, 6) is -0.0578. The fourth-order valence-electron chi connectivity index (χ4n) is 2.28. The third-order valence-electron chi connectivity index (χ3n) is 3.39. The number of amides is 1. The number of carbonyl (C=O) groups is 1. The van der Waals surface area contributed by atoms with Crippen LogP contribution in [0.25, 0.3) is 0 Å². The molecule has 0 aromatic carbocycles. The fraction of sp³-hybridized carbons (Fsp3) is 0.571. The first-order chi connectivity index (χ1) is 9.67. The van der Waals surface area contributed by atoms with Gasteiger partial charge >= 0.3 is 0 Å². The molecule has 0 aliphatic carbocycles. The van der Waals surface area contributed by atoms with Gasteiger partial charge in [-0.15, -0.1) is 0 Å². The minimum Gasteiger partial charge on any atom is -0.394 e. The first kappa shape index (κ1) is 14.7. The molecule has 0 bridgehead atoms. The molecule has 2 atom stereocenters.